The number of nitrogens with one attached hydrogen (secondary N) is 2. The lowest BCUT2D eigenvalue weighted by Crippen LogP contribution is -2.57. The number of amides is 3. The summed E-state index contributed by atoms with van der Waals surface area (Å²) in [6.45, 7) is 10.6. The molecular formula is C45H56N10O5S. The van der Waals surface area contributed by atoms with Crippen molar-refractivity contribution in [3.05, 3.63) is 83.8 Å². The van der Waals surface area contributed by atoms with Gasteiger partial charge in [-0.25, -0.2) is 4.98 Å². The first-order valence-electron chi connectivity index (χ1n) is 21.0. The van der Waals surface area contributed by atoms with Crippen LogP contribution in [0.25, 0.3) is 32.8 Å². The Morgan fingerprint density at radius 1 is 1.00 bits per heavy atom. The number of aromatic hydroxyl groups is 1. The smallest absolute Gasteiger partial charge is 0.246 e. The van der Waals surface area contributed by atoms with Crippen molar-refractivity contribution >= 4 is 34.9 Å². The zero-order valence-electron chi connectivity index (χ0n) is 35.3. The number of aromatic nitrogens is 5. The minimum atomic E-state index is -0.865. The Morgan fingerprint density at radius 3 is 2.46 bits per heavy atom. The zero-order valence-corrected chi connectivity index (χ0v) is 36.1. The normalized spacial score (nSPS) is 18.0. The number of anilines is 1. The summed E-state index contributed by atoms with van der Waals surface area (Å²) in [7, 11) is 0. The molecule has 0 bridgehead atoms. The second-order valence-corrected chi connectivity index (χ2v) is 18.1. The number of β-amino-alcohol motifs (C(OH)–C–C–N with tert-alkyl or cyclic N) is 1. The number of aliphatic hydroxyl groups is 1. The SMILES string of the molecule is Cc1ncsc1-c1ccc(CNC(=O)[C@@H]2C[C@@H](O)CN2C(=O)[C@@H](NC(=O)CCCCN2CCC(n3cc(-c4cc(-c5ccccc5O)nnc4N)cn3)CC2)C(C)(C)C)cc1. The molecule has 16 heteroatoms. The molecule has 2 saturated heterocycles. The molecule has 0 unspecified atom stereocenters. The Bertz CT molecular complexity index is 2310. The molecule has 2 aliphatic heterocycles. The van der Waals surface area contributed by atoms with Gasteiger partial charge in [-0.05, 0) is 73.9 Å². The lowest BCUT2D eigenvalue weighted by Gasteiger charge is -2.35. The quantitative estimate of drug-likeness (QED) is 0.0903. The zero-order chi connectivity index (χ0) is 43.3. The Morgan fingerprint density at radius 2 is 1.75 bits per heavy atom. The number of para-hydroxylation sites is 1. The molecule has 3 amide bonds. The number of nitrogens with zero attached hydrogens (tertiary/aromatic N) is 7. The van der Waals surface area contributed by atoms with E-state index in [1.165, 1.54) is 4.90 Å². The summed E-state index contributed by atoms with van der Waals surface area (Å²) in [6.07, 6.45) is 6.70. The Balaban J connectivity index is 0.856. The third kappa shape index (κ3) is 10.4. The van der Waals surface area contributed by atoms with Crippen molar-refractivity contribution in [3.8, 4) is 38.6 Å². The van der Waals surface area contributed by atoms with E-state index >= 15 is 0 Å². The molecule has 5 heterocycles. The predicted molar refractivity (Wildman–Crippen MR) is 235 cm³/mol. The number of likely N-dealkylation sites (tertiary alicyclic amines) is 2. The number of rotatable bonds is 14. The van der Waals surface area contributed by atoms with Gasteiger partial charge in [-0.15, -0.1) is 21.5 Å². The van der Waals surface area contributed by atoms with Gasteiger partial charge in [0.15, 0.2) is 5.82 Å². The number of nitrogens with two attached hydrogens (primary N) is 1. The number of piperidine rings is 1. The second kappa shape index (κ2) is 18.9. The van der Waals surface area contributed by atoms with E-state index in [0.717, 1.165) is 66.2 Å². The fourth-order valence-corrected chi connectivity index (χ4v) is 8.98. The van der Waals surface area contributed by atoms with Gasteiger partial charge in [0, 0.05) is 61.9 Å². The highest BCUT2D eigenvalue weighted by Crippen LogP contribution is 2.34. The highest BCUT2D eigenvalue weighted by molar-refractivity contribution is 7.13. The van der Waals surface area contributed by atoms with Gasteiger partial charge in [-0.1, -0.05) is 57.2 Å². The number of hydrogen-bond donors (Lipinski definition) is 5. The minimum absolute atomic E-state index is 0.0269. The highest BCUT2D eigenvalue weighted by atomic mass is 32.1. The first-order chi connectivity index (χ1) is 29.2. The molecule has 3 aromatic heterocycles. The molecule has 0 radical (unpaired) electrons. The molecule has 7 rings (SSSR count). The van der Waals surface area contributed by atoms with Crippen LogP contribution in [0.5, 0.6) is 5.75 Å². The Kier molecular flexibility index (Phi) is 13.4. The summed E-state index contributed by atoms with van der Waals surface area (Å²) in [5.74, 6) is -0.504. The molecule has 322 valence electrons. The van der Waals surface area contributed by atoms with Crippen molar-refractivity contribution in [3.63, 3.8) is 0 Å². The van der Waals surface area contributed by atoms with Crippen LogP contribution < -0.4 is 16.4 Å². The van der Waals surface area contributed by atoms with Crippen LogP contribution in [0.1, 0.15) is 76.6 Å². The maximum absolute atomic E-state index is 14.1. The van der Waals surface area contributed by atoms with E-state index in [0.29, 0.717) is 29.1 Å². The summed E-state index contributed by atoms with van der Waals surface area (Å²) in [5, 5.41) is 39.8. The highest BCUT2D eigenvalue weighted by Gasteiger charge is 2.44. The molecule has 0 spiro atoms. The Hall–Kier alpha value is -5.71. The number of aryl methyl sites for hydroxylation is 1. The van der Waals surface area contributed by atoms with Crippen molar-refractivity contribution in [2.24, 2.45) is 5.41 Å². The fourth-order valence-electron chi connectivity index (χ4n) is 8.17. The molecule has 2 aromatic carbocycles. The maximum atomic E-state index is 14.1. The number of unbranched alkanes of at least 4 members (excludes halogenated alkanes) is 1. The average Bonchev–Trinajstić information content (AvgIpc) is 4.01. The number of hydrogen-bond acceptors (Lipinski definition) is 12. The Labute approximate surface area is 360 Å². The summed E-state index contributed by atoms with van der Waals surface area (Å²) < 4.78 is 1.99. The summed E-state index contributed by atoms with van der Waals surface area (Å²) in [6, 6.07) is 15.3. The van der Waals surface area contributed by atoms with E-state index in [-0.39, 0.29) is 55.4 Å². The average molecular weight is 849 g/mol. The van der Waals surface area contributed by atoms with E-state index < -0.39 is 23.6 Å². The van der Waals surface area contributed by atoms with Crippen molar-refractivity contribution in [1.82, 2.24) is 45.4 Å². The number of nitrogen functional groups attached to an aromatic ring is 1. The van der Waals surface area contributed by atoms with Crippen LogP contribution in [0.2, 0.25) is 0 Å². The molecule has 15 nitrogen and oxygen atoms in total. The number of benzene rings is 2. The molecule has 6 N–H and O–H groups in total. The standard InChI is InChI=1S/C45H56N10O5S/c1-28-40(61-27-48-28)30-14-12-29(13-15-30)23-47-43(59)37-21-33(56)26-54(37)44(60)41(45(2,3)4)50-39(58)11-7-8-18-53-19-16-32(17-20-53)55-25-31(24-49-55)35-22-36(51-52-42(35)46)34-9-5-6-10-38(34)57/h5-6,9-10,12-15,22,24-25,27,32-33,37,41,56-57H,7-8,11,16-21,23,26H2,1-4H3,(H2,46,52)(H,47,59)(H,50,58)/t33-,37+,41-/m1/s1. The summed E-state index contributed by atoms with van der Waals surface area (Å²) in [5.41, 5.74) is 13.0. The van der Waals surface area contributed by atoms with E-state index in [9.17, 15) is 24.6 Å². The maximum Gasteiger partial charge on any atom is 0.246 e. The first-order valence-corrected chi connectivity index (χ1v) is 21.9. The third-order valence-corrected chi connectivity index (χ3v) is 12.7. The van der Waals surface area contributed by atoms with E-state index in [2.05, 4.69) is 35.8 Å². The topological polar surface area (TPSA) is 205 Å². The van der Waals surface area contributed by atoms with Gasteiger partial charge in [0.25, 0.3) is 0 Å². The largest absolute Gasteiger partial charge is 0.507 e. The molecule has 0 aliphatic carbocycles. The lowest BCUT2D eigenvalue weighted by atomic mass is 9.85. The molecule has 2 aliphatic rings. The third-order valence-electron chi connectivity index (χ3n) is 11.7. The van der Waals surface area contributed by atoms with Gasteiger partial charge in [-0.2, -0.15) is 5.10 Å². The van der Waals surface area contributed by atoms with Gasteiger partial charge < -0.3 is 36.4 Å². The summed E-state index contributed by atoms with van der Waals surface area (Å²) in [4.78, 5) is 50.1. The van der Waals surface area contributed by atoms with Crippen molar-refractivity contribution in [2.45, 2.75) is 97.0 Å². The van der Waals surface area contributed by atoms with Crippen LogP contribution in [0.15, 0.2) is 72.5 Å². The lowest BCUT2D eigenvalue weighted by molar-refractivity contribution is -0.144. The molecule has 3 atom stereocenters. The number of phenolic OH excluding ortho intramolecular Hbond substituents is 1. The molecule has 0 saturated carbocycles. The molecule has 2 fully saturated rings. The van der Waals surface area contributed by atoms with Crippen LogP contribution in [0.4, 0.5) is 5.82 Å². The monoisotopic (exact) mass is 848 g/mol. The number of carbonyl (C=O) groups excluding carboxylic acids is 3. The van der Waals surface area contributed by atoms with Crippen LogP contribution in [-0.4, -0.2) is 107 Å². The first kappa shape index (κ1) is 43.4. The molecular weight excluding hydrogens is 793 g/mol. The second-order valence-electron chi connectivity index (χ2n) is 17.2. The predicted octanol–water partition coefficient (Wildman–Crippen LogP) is 5.34. The van der Waals surface area contributed by atoms with Crippen LogP contribution in [0, 0.1) is 12.3 Å². The van der Waals surface area contributed by atoms with E-state index in [1.54, 1.807) is 35.7 Å². The minimum Gasteiger partial charge on any atom is -0.507 e. The number of carbonyl (C=O) groups is 3. The van der Waals surface area contributed by atoms with Crippen molar-refractivity contribution < 1.29 is 24.6 Å². The van der Waals surface area contributed by atoms with Gasteiger partial charge >= 0.3 is 0 Å². The molecule has 5 aromatic rings. The van der Waals surface area contributed by atoms with E-state index in [4.69, 9.17) is 5.73 Å². The van der Waals surface area contributed by atoms with Gasteiger partial charge in [0.05, 0.1) is 40.1 Å². The molecule has 61 heavy (non-hydrogen) atoms. The van der Waals surface area contributed by atoms with Gasteiger partial charge in [0.2, 0.25) is 17.7 Å². The van der Waals surface area contributed by atoms with Gasteiger partial charge in [0.1, 0.15) is 17.8 Å². The van der Waals surface area contributed by atoms with Crippen molar-refractivity contribution in [2.75, 3.05) is 31.9 Å². The fraction of sp³-hybridized carbons (Fsp3) is 0.444. The number of phenols is 1. The number of thiazole rings is 1. The van der Waals surface area contributed by atoms with Crippen LogP contribution in [0.3, 0.4) is 0 Å². The van der Waals surface area contributed by atoms with Crippen molar-refractivity contribution in [1.29, 1.82) is 0 Å². The summed E-state index contributed by atoms with van der Waals surface area (Å²) >= 11 is 1.58. The van der Waals surface area contributed by atoms with E-state index in [1.807, 2.05) is 80.5 Å². The van der Waals surface area contributed by atoms with Crippen LogP contribution in [-0.2, 0) is 20.9 Å². The van der Waals surface area contributed by atoms with Gasteiger partial charge in [-0.3, -0.25) is 19.1 Å². The van der Waals surface area contributed by atoms with Crippen LogP contribution >= 0.6 is 11.3 Å². The number of aliphatic hydroxyl groups excluding tert-OH is 1.